The molecule has 0 fully saturated rings. The van der Waals surface area contributed by atoms with E-state index in [-0.39, 0.29) is 0 Å². The van der Waals surface area contributed by atoms with Crippen LogP contribution in [0.5, 0.6) is 0 Å². The van der Waals surface area contributed by atoms with Gasteiger partial charge in [0.05, 0.1) is 0 Å². The molecule has 0 heterocycles. The minimum atomic E-state index is 0.592. The van der Waals surface area contributed by atoms with Crippen molar-refractivity contribution in [3.63, 3.8) is 0 Å². The van der Waals surface area contributed by atoms with Gasteiger partial charge >= 0.3 is 0 Å². The summed E-state index contributed by atoms with van der Waals surface area (Å²) in [6, 6.07) is 0. The number of hydrogen-bond donors (Lipinski definition) is 0. The lowest BCUT2D eigenvalue weighted by Gasteiger charge is -2.36. The van der Waals surface area contributed by atoms with Crippen LogP contribution in [0.2, 0.25) is 0 Å². The topological polar surface area (TPSA) is 0 Å². The first-order valence-corrected chi connectivity index (χ1v) is 4.34. The van der Waals surface area contributed by atoms with Gasteiger partial charge < -0.3 is 0 Å². The lowest BCUT2D eigenvalue weighted by molar-refractivity contribution is 0.187. The quantitative estimate of drug-likeness (QED) is 0.487. The van der Waals surface area contributed by atoms with Crippen LogP contribution in [0.15, 0.2) is 12.2 Å². The normalized spacial score (nSPS) is 40.1. The first-order chi connectivity index (χ1) is 4.69. The molecule has 0 spiro atoms. The van der Waals surface area contributed by atoms with Crippen LogP contribution in [-0.4, -0.2) is 0 Å². The highest BCUT2D eigenvalue weighted by atomic mass is 14.3. The van der Waals surface area contributed by atoms with E-state index in [4.69, 9.17) is 0 Å². The second kappa shape index (κ2) is 2.77. The highest BCUT2D eigenvalue weighted by Gasteiger charge is 2.28. The molecule has 0 aromatic rings. The molecular formula is C10H18. The number of allylic oxidation sites excluding steroid dienone is 2. The molecule has 0 saturated carbocycles. The van der Waals surface area contributed by atoms with Crippen LogP contribution in [-0.2, 0) is 0 Å². The third-order valence-corrected chi connectivity index (χ3v) is 3.24. The van der Waals surface area contributed by atoms with Crippen LogP contribution in [0.4, 0.5) is 0 Å². The Morgan fingerprint density at radius 1 is 1.50 bits per heavy atom. The second-order valence-corrected chi connectivity index (χ2v) is 3.82. The molecule has 0 saturated heterocycles. The van der Waals surface area contributed by atoms with Crippen molar-refractivity contribution in [2.24, 2.45) is 11.3 Å². The van der Waals surface area contributed by atoms with Gasteiger partial charge in [-0.3, -0.25) is 0 Å². The van der Waals surface area contributed by atoms with Gasteiger partial charge in [-0.1, -0.05) is 39.3 Å². The molecule has 0 heteroatoms. The minimum Gasteiger partial charge on any atom is -0.0882 e. The van der Waals surface area contributed by atoms with Gasteiger partial charge in [-0.25, -0.2) is 0 Å². The molecule has 1 rings (SSSR count). The number of hydrogen-bond acceptors (Lipinski definition) is 0. The molecule has 0 N–H and O–H groups in total. The second-order valence-electron chi connectivity index (χ2n) is 3.82. The Labute approximate surface area is 64.3 Å². The van der Waals surface area contributed by atoms with Crippen molar-refractivity contribution in [3.8, 4) is 0 Å². The number of rotatable bonds is 1. The van der Waals surface area contributed by atoms with Crippen molar-refractivity contribution in [2.45, 2.75) is 40.0 Å². The van der Waals surface area contributed by atoms with Gasteiger partial charge in [0.2, 0.25) is 0 Å². The first-order valence-electron chi connectivity index (χ1n) is 4.34. The maximum absolute atomic E-state index is 2.40. The van der Waals surface area contributed by atoms with E-state index in [0.717, 1.165) is 5.92 Å². The molecule has 10 heavy (non-hydrogen) atoms. The van der Waals surface area contributed by atoms with Crippen LogP contribution in [0.1, 0.15) is 40.0 Å². The van der Waals surface area contributed by atoms with Gasteiger partial charge in [0.25, 0.3) is 0 Å². The van der Waals surface area contributed by atoms with Gasteiger partial charge in [0.15, 0.2) is 0 Å². The van der Waals surface area contributed by atoms with E-state index >= 15 is 0 Å². The van der Waals surface area contributed by atoms with Crippen LogP contribution in [0.25, 0.3) is 0 Å². The van der Waals surface area contributed by atoms with Gasteiger partial charge in [-0.05, 0) is 24.2 Å². The summed E-state index contributed by atoms with van der Waals surface area (Å²) in [6.45, 7) is 7.07. The van der Waals surface area contributed by atoms with Crippen molar-refractivity contribution in [3.05, 3.63) is 12.2 Å². The summed E-state index contributed by atoms with van der Waals surface area (Å²) in [4.78, 5) is 0. The Bertz CT molecular complexity index is 135. The van der Waals surface area contributed by atoms with Crippen molar-refractivity contribution >= 4 is 0 Å². The smallest absolute Gasteiger partial charge is 0.0265 e. The fourth-order valence-corrected chi connectivity index (χ4v) is 1.63. The highest BCUT2D eigenvalue weighted by molar-refractivity contribution is 4.98. The molecule has 2 atom stereocenters. The van der Waals surface area contributed by atoms with Gasteiger partial charge in [-0.2, -0.15) is 0 Å². The van der Waals surface area contributed by atoms with Gasteiger partial charge in [0.1, 0.15) is 0 Å². The monoisotopic (exact) mass is 138 g/mol. The van der Waals surface area contributed by atoms with Gasteiger partial charge in [0, 0.05) is 0 Å². The van der Waals surface area contributed by atoms with E-state index in [9.17, 15) is 0 Å². The molecule has 2 unspecified atom stereocenters. The molecule has 0 aliphatic heterocycles. The molecule has 1 aliphatic rings. The molecule has 0 bridgehead atoms. The van der Waals surface area contributed by atoms with Crippen LogP contribution < -0.4 is 0 Å². The molecule has 58 valence electrons. The summed E-state index contributed by atoms with van der Waals surface area (Å²) in [5.74, 6) is 0.877. The maximum atomic E-state index is 2.40. The zero-order valence-electron chi connectivity index (χ0n) is 7.35. The summed E-state index contributed by atoms with van der Waals surface area (Å²) in [7, 11) is 0. The van der Waals surface area contributed by atoms with E-state index in [1.807, 2.05) is 0 Å². The van der Waals surface area contributed by atoms with E-state index in [1.54, 1.807) is 0 Å². The average Bonchev–Trinajstić information content (AvgIpc) is 1.96. The van der Waals surface area contributed by atoms with Crippen molar-refractivity contribution in [1.29, 1.82) is 0 Å². The lowest BCUT2D eigenvalue weighted by atomic mass is 9.69. The van der Waals surface area contributed by atoms with Crippen LogP contribution in [0, 0.1) is 11.3 Å². The Kier molecular flexibility index (Phi) is 2.18. The Balaban J connectivity index is 2.66. The first kappa shape index (κ1) is 7.84. The zero-order chi connectivity index (χ0) is 7.61. The van der Waals surface area contributed by atoms with E-state index in [1.165, 1.54) is 19.3 Å². The summed E-state index contributed by atoms with van der Waals surface area (Å²) < 4.78 is 0. The minimum absolute atomic E-state index is 0.592. The standard InChI is InChI=1S/C10H18/c1-4-10(3)8-6-5-7-9(10)2/h5-6,9H,4,7-8H2,1-3H3. The van der Waals surface area contributed by atoms with Gasteiger partial charge in [-0.15, -0.1) is 0 Å². The van der Waals surface area contributed by atoms with Crippen LogP contribution >= 0.6 is 0 Å². The molecule has 0 aromatic heterocycles. The molecular weight excluding hydrogens is 120 g/mol. The summed E-state index contributed by atoms with van der Waals surface area (Å²) >= 11 is 0. The predicted molar refractivity (Wildman–Crippen MR) is 45.9 cm³/mol. The van der Waals surface area contributed by atoms with Crippen molar-refractivity contribution in [1.82, 2.24) is 0 Å². The Hall–Kier alpha value is -0.260. The van der Waals surface area contributed by atoms with E-state index < -0.39 is 0 Å². The predicted octanol–water partition coefficient (Wildman–Crippen LogP) is 3.39. The fourth-order valence-electron chi connectivity index (χ4n) is 1.63. The third kappa shape index (κ3) is 1.25. The fraction of sp³-hybridized carbons (Fsp3) is 0.800. The zero-order valence-corrected chi connectivity index (χ0v) is 7.35. The van der Waals surface area contributed by atoms with E-state index in [2.05, 4.69) is 32.9 Å². The molecule has 1 aliphatic carbocycles. The molecule has 0 aromatic carbocycles. The highest BCUT2D eigenvalue weighted by Crippen LogP contribution is 2.39. The summed E-state index contributed by atoms with van der Waals surface area (Å²) in [5, 5.41) is 0. The summed E-state index contributed by atoms with van der Waals surface area (Å²) in [6.07, 6.45) is 8.54. The van der Waals surface area contributed by atoms with Crippen molar-refractivity contribution < 1.29 is 0 Å². The molecule has 0 amide bonds. The average molecular weight is 138 g/mol. The Morgan fingerprint density at radius 2 is 2.20 bits per heavy atom. The van der Waals surface area contributed by atoms with E-state index in [0.29, 0.717) is 5.41 Å². The largest absolute Gasteiger partial charge is 0.0882 e. The summed E-state index contributed by atoms with van der Waals surface area (Å²) in [5.41, 5.74) is 0.592. The molecule has 0 radical (unpaired) electrons. The lowest BCUT2D eigenvalue weighted by Crippen LogP contribution is -2.25. The van der Waals surface area contributed by atoms with Crippen LogP contribution in [0.3, 0.4) is 0 Å². The Morgan fingerprint density at radius 3 is 2.60 bits per heavy atom. The maximum Gasteiger partial charge on any atom is -0.0265 e. The molecule has 0 nitrogen and oxygen atoms in total. The third-order valence-electron chi connectivity index (χ3n) is 3.24. The van der Waals surface area contributed by atoms with Crippen molar-refractivity contribution in [2.75, 3.05) is 0 Å². The SMILES string of the molecule is CCC1(C)CC=CCC1C.